The first-order valence-electron chi connectivity index (χ1n) is 23.2. The molecule has 2 heterocycles. The molecule has 2 aromatic heterocycles. The minimum atomic E-state index is -0.284. The summed E-state index contributed by atoms with van der Waals surface area (Å²) in [6.07, 6.45) is 9.09. The topological polar surface area (TPSA) is 51.6 Å². The Morgan fingerprint density at radius 2 is 1.09 bits per heavy atom. The number of nitrogens with zero attached hydrogens (tertiary/aromatic N) is 4. The summed E-state index contributed by atoms with van der Waals surface area (Å²) in [5.74, 6) is 2.03. The van der Waals surface area contributed by atoms with Crippen LogP contribution in [0.1, 0.15) is 88.4 Å². The second kappa shape index (κ2) is 18.8. The quantitative estimate of drug-likeness (QED) is 0.0904. The van der Waals surface area contributed by atoms with Crippen LogP contribution in [0.3, 0.4) is 0 Å². The van der Waals surface area contributed by atoms with Crippen molar-refractivity contribution in [3.05, 3.63) is 204 Å². The fourth-order valence-electron chi connectivity index (χ4n) is 9.42. The molecule has 5 heteroatoms. The van der Waals surface area contributed by atoms with E-state index in [1.807, 2.05) is 6.20 Å². The number of hydrogen-bond donors (Lipinski definition) is 0. The van der Waals surface area contributed by atoms with Gasteiger partial charge in [-0.05, 0) is 98.6 Å². The summed E-state index contributed by atoms with van der Waals surface area (Å²) >= 11 is 0. The minimum Gasteiger partial charge on any atom is -0.304 e. The largest absolute Gasteiger partial charge is 0.304 e. The molecule has 0 N–H and O–H groups in total. The molecule has 0 amide bonds. The number of fused-ring (bicyclic) bond motifs is 4. The Morgan fingerprint density at radius 3 is 1.85 bits per heavy atom. The van der Waals surface area contributed by atoms with Gasteiger partial charge < -0.3 is 4.98 Å². The van der Waals surface area contributed by atoms with E-state index in [0.717, 1.165) is 46.6 Å². The van der Waals surface area contributed by atoms with Crippen LogP contribution in [-0.4, -0.2) is 19.9 Å². The van der Waals surface area contributed by atoms with Crippen LogP contribution in [-0.2, 0) is 43.8 Å². The van der Waals surface area contributed by atoms with Gasteiger partial charge in [0.25, 0.3) is 0 Å². The molecule has 0 saturated heterocycles. The zero-order valence-electron chi connectivity index (χ0n) is 38.5. The fraction of sp³-hybridized carbons (Fsp3) is 0.213. The van der Waals surface area contributed by atoms with Crippen LogP contribution in [0.2, 0.25) is 0 Å². The summed E-state index contributed by atoms with van der Waals surface area (Å²) in [5.41, 5.74) is 16.0. The van der Waals surface area contributed by atoms with E-state index in [4.69, 9.17) is 19.9 Å². The van der Waals surface area contributed by atoms with Crippen molar-refractivity contribution in [2.24, 2.45) is 0 Å². The standard InChI is InChI=1S/C61H55N4.Ir/c1-60(2,3)59-64-57(50-26-16-25-46(37-50)44-24-15-21-42(35-44)20-10-7-6-9-17-41-18-11-8-12-19-41)63-58(65-59)51-31-34-56(62-40-51)49-30-33-53-52-32-29-48(38-54(52)61(4,5)55(53)39-49)47-28-27-43-22-13-14-23-45(43)36-47;/h8,11-16,18-19,21-29,31-40H,6-7,9-10,17,20H2,1-5H3;/q-1;. The first kappa shape index (κ1) is 44.8. The molecule has 0 unspecified atom stereocenters. The van der Waals surface area contributed by atoms with Gasteiger partial charge in [0.05, 0.1) is 0 Å². The average molecular weight is 1040 g/mol. The molecule has 0 aliphatic heterocycles. The normalized spacial score (nSPS) is 12.7. The molecule has 0 bridgehead atoms. The second-order valence-corrected chi connectivity index (χ2v) is 19.3. The third kappa shape index (κ3) is 9.34. The minimum absolute atomic E-state index is 0. The summed E-state index contributed by atoms with van der Waals surface area (Å²) in [7, 11) is 0. The van der Waals surface area contributed by atoms with Crippen molar-refractivity contribution in [1.82, 2.24) is 19.9 Å². The number of pyridine rings is 1. The predicted octanol–water partition coefficient (Wildman–Crippen LogP) is 15.5. The summed E-state index contributed by atoms with van der Waals surface area (Å²) in [4.78, 5) is 20.2. The molecule has 10 rings (SSSR count). The van der Waals surface area contributed by atoms with Crippen LogP contribution in [0.25, 0.3) is 78.2 Å². The Hall–Kier alpha value is -6.39. The van der Waals surface area contributed by atoms with Crippen LogP contribution in [0.15, 0.2) is 170 Å². The van der Waals surface area contributed by atoms with E-state index in [9.17, 15) is 0 Å². The summed E-state index contributed by atoms with van der Waals surface area (Å²) in [5, 5.41) is 2.51. The Morgan fingerprint density at radius 1 is 0.485 bits per heavy atom. The van der Waals surface area contributed by atoms with Crippen LogP contribution >= 0.6 is 0 Å². The SMILES string of the molecule is CC(C)(C)c1nc(-c2ccc(-c3[c-]cc4c(c3)C(C)(C)c3cc(-c5ccc6ccccc6c5)ccc3-4)nc2)nc(-c2cccc(-c3cccc(CCCCCCc4ccccc4)c3)c2)n1.[Ir]. The van der Waals surface area contributed by atoms with Crippen LogP contribution < -0.4 is 0 Å². The van der Waals surface area contributed by atoms with Crippen LogP contribution in [0, 0.1) is 6.07 Å². The number of unbranched alkanes of at least 4 members (excludes halogenated alkanes) is 3. The number of rotatable bonds is 12. The van der Waals surface area contributed by atoms with Crippen LogP contribution in [0.4, 0.5) is 0 Å². The van der Waals surface area contributed by atoms with Gasteiger partial charge in [-0.2, -0.15) is 0 Å². The van der Waals surface area contributed by atoms with E-state index in [0.29, 0.717) is 11.6 Å². The van der Waals surface area contributed by atoms with Crippen molar-refractivity contribution >= 4 is 10.8 Å². The molecule has 0 saturated carbocycles. The molecular weight excluding hydrogens is 981 g/mol. The van der Waals surface area contributed by atoms with Crippen molar-refractivity contribution in [3.8, 4) is 67.4 Å². The summed E-state index contributed by atoms with van der Waals surface area (Å²) < 4.78 is 0. The first-order valence-corrected chi connectivity index (χ1v) is 23.2. The van der Waals surface area contributed by atoms with Crippen molar-refractivity contribution in [1.29, 1.82) is 0 Å². The zero-order chi connectivity index (χ0) is 44.5. The molecule has 7 aromatic carbocycles. The Balaban J connectivity index is 0.00000548. The average Bonchev–Trinajstić information content (AvgIpc) is 3.57. The van der Waals surface area contributed by atoms with Gasteiger partial charge in [0, 0.05) is 42.8 Å². The molecule has 9 aromatic rings. The van der Waals surface area contributed by atoms with Gasteiger partial charge in [0.15, 0.2) is 11.6 Å². The van der Waals surface area contributed by atoms with Crippen molar-refractivity contribution in [2.45, 2.75) is 84.0 Å². The maximum absolute atomic E-state index is 5.09. The Kier molecular flexibility index (Phi) is 12.8. The molecular formula is C61H55IrN4-. The second-order valence-electron chi connectivity index (χ2n) is 19.3. The molecule has 66 heavy (non-hydrogen) atoms. The fourth-order valence-corrected chi connectivity index (χ4v) is 9.42. The van der Waals surface area contributed by atoms with E-state index in [1.165, 1.54) is 86.5 Å². The Labute approximate surface area is 404 Å². The third-order valence-corrected chi connectivity index (χ3v) is 13.2. The number of aromatic nitrogens is 4. The maximum Gasteiger partial charge on any atom is 0.165 e. The van der Waals surface area contributed by atoms with Gasteiger partial charge >= 0.3 is 0 Å². The molecule has 0 spiro atoms. The molecule has 1 aliphatic carbocycles. The van der Waals surface area contributed by atoms with E-state index >= 15 is 0 Å². The summed E-state index contributed by atoms with van der Waals surface area (Å²) in [6, 6.07) is 62.8. The van der Waals surface area contributed by atoms with Gasteiger partial charge in [-0.15, -0.1) is 29.3 Å². The zero-order valence-corrected chi connectivity index (χ0v) is 40.9. The van der Waals surface area contributed by atoms with Crippen molar-refractivity contribution in [3.63, 3.8) is 0 Å². The van der Waals surface area contributed by atoms with Crippen molar-refractivity contribution in [2.75, 3.05) is 0 Å². The predicted molar refractivity (Wildman–Crippen MR) is 270 cm³/mol. The van der Waals surface area contributed by atoms with Gasteiger partial charge in [-0.3, -0.25) is 0 Å². The molecule has 1 radical (unpaired) electrons. The number of aryl methyl sites for hydroxylation is 2. The maximum atomic E-state index is 5.09. The van der Waals surface area contributed by atoms with Crippen molar-refractivity contribution < 1.29 is 20.1 Å². The summed E-state index contributed by atoms with van der Waals surface area (Å²) in [6.45, 7) is 11.1. The number of benzene rings is 7. The van der Waals surface area contributed by atoms with E-state index in [-0.39, 0.29) is 30.9 Å². The molecule has 4 nitrogen and oxygen atoms in total. The first-order chi connectivity index (χ1) is 31.6. The smallest absolute Gasteiger partial charge is 0.165 e. The Bertz CT molecular complexity index is 3160. The van der Waals surface area contributed by atoms with E-state index in [2.05, 4.69) is 204 Å². The van der Waals surface area contributed by atoms with Gasteiger partial charge in [-0.25, -0.2) is 15.0 Å². The van der Waals surface area contributed by atoms with Gasteiger partial charge in [0.2, 0.25) is 0 Å². The third-order valence-electron chi connectivity index (χ3n) is 13.2. The van der Waals surface area contributed by atoms with Crippen LogP contribution in [0.5, 0.6) is 0 Å². The van der Waals surface area contributed by atoms with E-state index < -0.39 is 0 Å². The molecule has 1 aliphatic rings. The molecule has 329 valence electrons. The van der Waals surface area contributed by atoms with E-state index in [1.54, 1.807) is 0 Å². The monoisotopic (exact) mass is 1040 g/mol. The molecule has 0 fully saturated rings. The molecule has 0 atom stereocenters. The number of hydrogen-bond acceptors (Lipinski definition) is 4. The van der Waals surface area contributed by atoms with Gasteiger partial charge in [-0.1, -0.05) is 198 Å². The van der Waals surface area contributed by atoms with Gasteiger partial charge in [0.1, 0.15) is 5.82 Å².